The maximum absolute atomic E-state index is 13.1. The van der Waals surface area contributed by atoms with Gasteiger partial charge in [-0.3, -0.25) is 4.79 Å². The minimum absolute atomic E-state index is 0.0198. The lowest BCUT2D eigenvalue weighted by atomic mass is 9.81. The van der Waals surface area contributed by atoms with E-state index in [0.717, 1.165) is 45.2 Å². The van der Waals surface area contributed by atoms with Crippen LogP contribution in [0, 0.1) is 5.92 Å². The zero-order valence-corrected chi connectivity index (χ0v) is 16.8. The Bertz CT molecular complexity index is 672. The zero-order chi connectivity index (χ0) is 19.4. The first-order valence-corrected chi connectivity index (χ1v) is 10.2. The second kappa shape index (κ2) is 8.32. The Morgan fingerprint density at radius 3 is 2.56 bits per heavy atom. The molecule has 0 aromatic heterocycles. The van der Waals surface area contributed by atoms with Crippen LogP contribution in [0.5, 0.6) is 0 Å². The lowest BCUT2D eigenvalue weighted by Gasteiger charge is -2.36. The summed E-state index contributed by atoms with van der Waals surface area (Å²) in [5, 5.41) is 2.86. The van der Waals surface area contributed by atoms with Crippen LogP contribution < -0.4 is 5.32 Å². The van der Waals surface area contributed by atoms with E-state index < -0.39 is 5.60 Å². The molecule has 1 heterocycles. The van der Waals surface area contributed by atoms with Gasteiger partial charge in [0.2, 0.25) is 5.91 Å². The zero-order valence-electron chi connectivity index (χ0n) is 16.8. The number of hydrogen-bond donors (Lipinski definition) is 1. The van der Waals surface area contributed by atoms with Gasteiger partial charge in [0.15, 0.2) is 0 Å². The molecule has 2 amide bonds. The fraction of sp³-hybridized carbons (Fsp3) is 0.636. The van der Waals surface area contributed by atoms with E-state index in [1.54, 1.807) is 0 Å². The molecule has 1 aliphatic heterocycles. The Morgan fingerprint density at radius 1 is 1.15 bits per heavy atom. The number of carbonyl (C=O) groups excluding carboxylic acids is 2. The van der Waals surface area contributed by atoms with Crippen molar-refractivity contribution in [3.63, 3.8) is 0 Å². The number of amides is 2. The van der Waals surface area contributed by atoms with Gasteiger partial charge in [0.1, 0.15) is 5.60 Å². The number of aryl methyl sites for hydroxylation is 1. The Hall–Kier alpha value is -2.04. The number of alkyl carbamates (subject to hydrolysis) is 1. The van der Waals surface area contributed by atoms with E-state index in [0.29, 0.717) is 12.5 Å². The van der Waals surface area contributed by atoms with Gasteiger partial charge in [-0.15, -0.1) is 0 Å². The summed E-state index contributed by atoms with van der Waals surface area (Å²) in [6.07, 6.45) is 4.61. The minimum Gasteiger partial charge on any atom is -0.444 e. The van der Waals surface area contributed by atoms with E-state index in [1.165, 1.54) is 11.1 Å². The molecule has 1 atom stereocenters. The number of likely N-dealkylation sites (tertiary alicyclic amines) is 1. The van der Waals surface area contributed by atoms with Crippen molar-refractivity contribution in [2.75, 3.05) is 19.6 Å². The number of fused-ring (bicyclic) bond motifs is 1. The fourth-order valence-corrected chi connectivity index (χ4v) is 4.13. The van der Waals surface area contributed by atoms with Crippen LogP contribution in [0.4, 0.5) is 4.79 Å². The van der Waals surface area contributed by atoms with Crippen LogP contribution in [0.15, 0.2) is 24.3 Å². The van der Waals surface area contributed by atoms with Gasteiger partial charge in [0.25, 0.3) is 0 Å². The Morgan fingerprint density at radius 2 is 1.85 bits per heavy atom. The maximum Gasteiger partial charge on any atom is 0.407 e. The summed E-state index contributed by atoms with van der Waals surface area (Å²) in [6, 6.07) is 8.38. The number of ether oxygens (including phenoxy) is 1. The smallest absolute Gasteiger partial charge is 0.407 e. The van der Waals surface area contributed by atoms with Gasteiger partial charge in [-0.1, -0.05) is 24.3 Å². The molecule has 1 aromatic rings. The fourth-order valence-electron chi connectivity index (χ4n) is 4.13. The van der Waals surface area contributed by atoms with Crippen LogP contribution >= 0.6 is 0 Å². The molecule has 0 bridgehead atoms. The molecular weight excluding hydrogens is 340 g/mol. The van der Waals surface area contributed by atoms with Gasteiger partial charge in [-0.2, -0.15) is 0 Å². The summed E-state index contributed by atoms with van der Waals surface area (Å²) >= 11 is 0. The third-order valence-corrected chi connectivity index (χ3v) is 5.53. The topological polar surface area (TPSA) is 58.6 Å². The maximum atomic E-state index is 13.1. The molecule has 148 valence electrons. The van der Waals surface area contributed by atoms with Crippen LogP contribution in [0.2, 0.25) is 0 Å². The van der Waals surface area contributed by atoms with Gasteiger partial charge in [-0.05, 0) is 69.9 Å². The predicted molar refractivity (Wildman–Crippen MR) is 106 cm³/mol. The first-order valence-electron chi connectivity index (χ1n) is 10.2. The predicted octanol–water partition coefficient (Wildman–Crippen LogP) is 3.87. The van der Waals surface area contributed by atoms with E-state index in [4.69, 9.17) is 4.74 Å². The highest BCUT2D eigenvalue weighted by Crippen LogP contribution is 2.33. The summed E-state index contributed by atoms with van der Waals surface area (Å²) in [5.41, 5.74) is 2.08. The van der Waals surface area contributed by atoms with Crippen molar-refractivity contribution in [3.05, 3.63) is 35.4 Å². The molecule has 0 radical (unpaired) electrons. The SMILES string of the molecule is CC(C)(C)OC(=O)NCC1CCN(C(=O)C2CCCc3ccccc32)CC1. The van der Waals surface area contributed by atoms with E-state index in [9.17, 15) is 9.59 Å². The molecule has 1 saturated heterocycles. The number of carbonyl (C=O) groups is 2. The van der Waals surface area contributed by atoms with Crippen molar-refractivity contribution in [3.8, 4) is 0 Å². The number of benzene rings is 1. The average Bonchev–Trinajstić information content (AvgIpc) is 2.64. The molecule has 2 aliphatic rings. The molecule has 1 aliphatic carbocycles. The number of hydrogen-bond acceptors (Lipinski definition) is 3. The summed E-state index contributed by atoms with van der Waals surface area (Å²) < 4.78 is 5.29. The first kappa shape index (κ1) is 19.7. The molecule has 0 spiro atoms. The van der Waals surface area contributed by atoms with Crippen molar-refractivity contribution in [2.45, 2.75) is 64.4 Å². The van der Waals surface area contributed by atoms with E-state index in [-0.39, 0.29) is 17.9 Å². The average molecular weight is 373 g/mol. The molecule has 1 N–H and O–H groups in total. The van der Waals surface area contributed by atoms with Crippen molar-refractivity contribution in [1.29, 1.82) is 0 Å². The lowest BCUT2D eigenvalue weighted by molar-refractivity contribution is -0.134. The molecule has 5 heteroatoms. The Kier molecular flexibility index (Phi) is 6.08. The van der Waals surface area contributed by atoms with E-state index in [2.05, 4.69) is 23.5 Å². The highest BCUT2D eigenvalue weighted by molar-refractivity contribution is 5.84. The standard InChI is InChI=1S/C22H32N2O3/c1-22(2,3)27-21(26)23-15-16-11-13-24(14-12-16)20(25)19-10-6-8-17-7-4-5-9-18(17)19/h4-5,7,9,16,19H,6,8,10-15H2,1-3H3,(H,23,26). The van der Waals surface area contributed by atoms with Gasteiger partial charge in [0.05, 0.1) is 5.92 Å². The minimum atomic E-state index is -0.476. The monoisotopic (exact) mass is 372 g/mol. The highest BCUT2D eigenvalue weighted by Gasteiger charge is 2.32. The first-order chi connectivity index (χ1) is 12.8. The second-order valence-electron chi connectivity index (χ2n) is 8.80. The molecular formula is C22H32N2O3. The largest absolute Gasteiger partial charge is 0.444 e. The van der Waals surface area contributed by atoms with Crippen LogP contribution in [0.1, 0.15) is 63.5 Å². The third kappa shape index (κ3) is 5.24. The second-order valence-corrected chi connectivity index (χ2v) is 8.80. The third-order valence-electron chi connectivity index (χ3n) is 5.53. The summed E-state index contributed by atoms with van der Waals surface area (Å²) in [7, 11) is 0. The normalized spacial score (nSPS) is 20.7. The van der Waals surface area contributed by atoms with Crippen LogP contribution in [0.25, 0.3) is 0 Å². The van der Waals surface area contributed by atoms with Crippen LogP contribution in [0.3, 0.4) is 0 Å². The number of piperidine rings is 1. The molecule has 1 unspecified atom stereocenters. The quantitative estimate of drug-likeness (QED) is 0.876. The van der Waals surface area contributed by atoms with Gasteiger partial charge < -0.3 is 15.0 Å². The molecule has 5 nitrogen and oxygen atoms in total. The van der Waals surface area contributed by atoms with Gasteiger partial charge in [0, 0.05) is 19.6 Å². The number of nitrogens with one attached hydrogen (secondary N) is 1. The van der Waals surface area contributed by atoms with Gasteiger partial charge in [-0.25, -0.2) is 4.79 Å². The van der Waals surface area contributed by atoms with Crippen molar-refractivity contribution in [2.24, 2.45) is 5.92 Å². The van der Waals surface area contributed by atoms with E-state index >= 15 is 0 Å². The Labute approximate surface area is 162 Å². The molecule has 27 heavy (non-hydrogen) atoms. The van der Waals surface area contributed by atoms with Crippen LogP contribution in [-0.4, -0.2) is 42.1 Å². The lowest BCUT2D eigenvalue weighted by Crippen LogP contribution is -2.44. The highest BCUT2D eigenvalue weighted by atomic mass is 16.6. The Balaban J connectivity index is 1.48. The van der Waals surface area contributed by atoms with Crippen LogP contribution in [-0.2, 0) is 16.0 Å². The molecule has 1 aromatic carbocycles. The van der Waals surface area contributed by atoms with Crippen molar-refractivity contribution < 1.29 is 14.3 Å². The summed E-state index contributed by atoms with van der Waals surface area (Å²) in [5.74, 6) is 0.701. The molecule has 0 saturated carbocycles. The van der Waals surface area contributed by atoms with E-state index in [1.807, 2.05) is 31.7 Å². The van der Waals surface area contributed by atoms with Crippen molar-refractivity contribution >= 4 is 12.0 Å². The number of rotatable bonds is 3. The molecule has 1 fully saturated rings. The number of nitrogens with zero attached hydrogens (tertiary/aromatic N) is 1. The van der Waals surface area contributed by atoms with Gasteiger partial charge >= 0.3 is 6.09 Å². The summed E-state index contributed by atoms with van der Waals surface area (Å²) in [4.78, 5) is 26.9. The van der Waals surface area contributed by atoms with Crippen molar-refractivity contribution in [1.82, 2.24) is 10.2 Å². The molecule has 3 rings (SSSR count). The summed E-state index contributed by atoms with van der Waals surface area (Å²) in [6.45, 7) is 7.75.